The van der Waals surface area contributed by atoms with Crippen LogP contribution < -0.4 is 4.90 Å². The van der Waals surface area contributed by atoms with Crippen LogP contribution in [0, 0.1) is 0 Å². The third-order valence-electron chi connectivity index (χ3n) is 3.92. The summed E-state index contributed by atoms with van der Waals surface area (Å²) in [6.45, 7) is 3.16. The second-order valence-electron chi connectivity index (χ2n) is 5.46. The van der Waals surface area contributed by atoms with Crippen molar-refractivity contribution in [1.82, 2.24) is 4.98 Å². The van der Waals surface area contributed by atoms with E-state index < -0.39 is 0 Å². The number of anilines is 1. The van der Waals surface area contributed by atoms with E-state index in [1.807, 2.05) is 30.3 Å². The monoisotopic (exact) mass is 288 g/mol. The zero-order valence-electron chi connectivity index (χ0n) is 12.1. The topological polar surface area (TPSA) is 65.8 Å². The molecule has 2 heterocycles. The standard InChI is InChI=1S/C16H20N2O3/c1-11-10-21-14(9-20)7-18(11)16-15-5-3-2-4-12(15)6-13(8-19)17-16/h2-6,11,14,19-20H,7-10H2,1H3. The first-order valence-corrected chi connectivity index (χ1v) is 7.21. The Morgan fingerprint density at radius 2 is 2.14 bits per heavy atom. The molecule has 2 N–H and O–H groups in total. The third-order valence-corrected chi connectivity index (χ3v) is 3.92. The van der Waals surface area contributed by atoms with Gasteiger partial charge < -0.3 is 19.8 Å². The molecule has 2 atom stereocenters. The summed E-state index contributed by atoms with van der Waals surface area (Å²) >= 11 is 0. The Hall–Kier alpha value is -1.69. The van der Waals surface area contributed by atoms with Crippen LogP contribution >= 0.6 is 0 Å². The van der Waals surface area contributed by atoms with Gasteiger partial charge in [0.05, 0.1) is 37.7 Å². The van der Waals surface area contributed by atoms with Gasteiger partial charge in [-0.15, -0.1) is 0 Å². The lowest BCUT2D eigenvalue weighted by Gasteiger charge is -2.38. The molecule has 0 amide bonds. The van der Waals surface area contributed by atoms with E-state index in [-0.39, 0.29) is 25.4 Å². The fourth-order valence-corrected chi connectivity index (χ4v) is 2.76. The van der Waals surface area contributed by atoms with Crippen molar-refractivity contribution in [3.8, 4) is 0 Å². The highest BCUT2D eigenvalue weighted by molar-refractivity contribution is 5.92. The summed E-state index contributed by atoms with van der Waals surface area (Å²) in [6, 6.07) is 10.1. The third kappa shape index (κ3) is 2.72. The molecule has 2 unspecified atom stereocenters. The van der Waals surface area contributed by atoms with Crippen LogP contribution in [0.3, 0.4) is 0 Å². The van der Waals surface area contributed by atoms with E-state index in [1.165, 1.54) is 0 Å². The minimum Gasteiger partial charge on any atom is -0.394 e. The lowest BCUT2D eigenvalue weighted by molar-refractivity contribution is -0.0105. The molecule has 1 aliphatic heterocycles. The van der Waals surface area contributed by atoms with Crippen molar-refractivity contribution in [3.05, 3.63) is 36.0 Å². The number of rotatable bonds is 3. The van der Waals surface area contributed by atoms with Gasteiger partial charge in [-0.05, 0) is 18.4 Å². The minimum atomic E-state index is -0.195. The predicted molar refractivity (Wildman–Crippen MR) is 81.3 cm³/mol. The van der Waals surface area contributed by atoms with Gasteiger partial charge in [0.15, 0.2) is 0 Å². The van der Waals surface area contributed by atoms with Gasteiger partial charge in [-0.3, -0.25) is 0 Å². The molecule has 1 aromatic carbocycles. The van der Waals surface area contributed by atoms with Gasteiger partial charge in [-0.1, -0.05) is 24.3 Å². The van der Waals surface area contributed by atoms with Crippen molar-refractivity contribution >= 4 is 16.6 Å². The lowest BCUT2D eigenvalue weighted by atomic mass is 10.1. The van der Waals surface area contributed by atoms with Gasteiger partial charge in [0.1, 0.15) is 5.82 Å². The molecule has 0 aliphatic carbocycles. The first-order chi connectivity index (χ1) is 10.2. The molecule has 5 heteroatoms. The summed E-state index contributed by atoms with van der Waals surface area (Å²) in [7, 11) is 0. The summed E-state index contributed by atoms with van der Waals surface area (Å²) in [6.07, 6.45) is -0.195. The molecule has 1 aromatic heterocycles. The lowest BCUT2D eigenvalue weighted by Crippen LogP contribution is -2.50. The molecule has 0 bridgehead atoms. The molecular weight excluding hydrogens is 268 g/mol. The summed E-state index contributed by atoms with van der Waals surface area (Å²) in [4.78, 5) is 6.76. The SMILES string of the molecule is CC1COC(CO)CN1c1nc(CO)cc2ccccc12. The van der Waals surface area contributed by atoms with Gasteiger partial charge in [0.25, 0.3) is 0 Å². The number of hydrogen-bond acceptors (Lipinski definition) is 5. The Labute approximate surface area is 123 Å². The van der Waals surface area contributed by atoms with Crippen LogP contribution in [-0.2, 0) is 11.3 Å². The molecule has 0 spiro atoms. The zero-order chi connectivity index (χ0) is 14.8. The van der Waals surface area contributed by atoms with E-state index in [9.17, 15) is 10.2 Å². The maximum atomic E-state index is 9.44. The number of ether oxygens (including phenoxy) is 1. The van der Waals surface area contributed by atoms with E-state index in [0.717, 1.165) is 16.6 Å². The Morgan fingerprint density at radius 1 is 1.33 bits per heavy atom. The molecule has 1 fully saturated rings. The molecule has 3 rings (SSSR count). The summed E-state index contributed by atoms with van der Waals surface area (Å²) in [5, 5.41) is 20.9. The molecule has 2 aromatic rings. The maximum Gasteiger partial charge on any atom is 0.137 e. The molecular formula is C16H20N2O3. The minimum absolute atomic E-state index is 0.000837. The van der Waals surface area contributed by atoms with Crippen LogP contribution in [0.25, 0.3) is 10.8 Å². The van der Waals surface area contributed by atoms with Crippen molar-refractivity contribution in [2.75, 3.05) is 24.7 Å². The maximum absolute atomic E-state index is 9.44. The predicted octanol–water partition coefficient (Wildman–Crippen LogP) is 1.31. The molecule has 112 valence electrons. The second-order valence-corrected chi connectivity index (χ2v) is 5.46. The number of aromatic nitrogens is 1. The first-order valence-electron chi connectivity index (χ1n) is 7.21. The average molecular weight is 288 g/mol. The van der Waals surface area contributed by atoms with Gasteiger partial charge in [-0.2, -0.15) is 0 Å². The van der Waals surface area contributed by atoms with Gasteiger partial charge in [0, 0.05) is 11.9 Å². The Morgan fingerprint density at radius 3 is 2.90 bits per heavy atom. The Bertz CT molecular complexity index is 632. The number of benzene rings is 1. The van der Waals surface area contributed by atoms with Gasteiger partial charge >= 0.3 is 0 Å². The number of fused-ring (bicyclic) bond motifs is 1. The van der Waals surface area contributed by atoms with Gasteiger partial charge in [0.2, 0.25) is 0 Å². The summed E-state index contributed by atoms with van der Waals surface area (Å²) in [5.74, 6) is 0.853. The number of nitrogens with zero attached hydrogens (tertiary/aromatic N) is 2. The van der Waals surface area contributed by atoms with Crippen LogP contribution in [0.15, 0.2) is 30.3 Å². The molecule has 1 saturated heterocycles. The molecule has 1 aliphatic rings. The van der Waals surface area contributed by atoms with E-state index in [4.69, 9.17) is 4.74 Å². The number of pyridine rings is 1. The van der Waals surface area contributed by atoms with Crippen molar-refractivity contribution in [2.24, 2.45) is 0 Å². The van der Waals surface area contributed by atoms with Crippen molar-refractivity contribution in [2.45, 2.75) is 25.7 Å². The van der Waals surface area contributed by atoms with E-state index in [0.29, 0.717) is 18.8 Å². The fraction of sp³-hybridized carbons (Fsp3) is 0.438. The highest BCUT2D eigenvalue weighted by atomic mass is 16.5. The van der Waals surface area contributed by atoms with Crippen LogP contribution in [0.4, 0.5) is 5.82 Å². The van der Waals surface area contributed by atoms with Crippen LogP contribution in [0.5, 0.6) is 0 Å². The summed E-state index contributed by atoms with van der Waals surface area (Å²) in [5.41, 5.74) is 0.656. The van der Waals surface area contributed by atoms with Crippen molar-refractivity contribution < 1.29 is 14.9 Å². The molecule has 0 radical (unpaired) electrons. The number of hydrogen-bond donors (Lipinski definition) is 2. The van der Waals surface area contributed by atoms with E-state index >= 15 is 0 Å². The van der Waals surface area contributed by atoms with E-state index in [1.54, 1.807) is 0 Å². The van der Waals surface area contributed by atoms with Crippen molar-refractivity contribution in [1.29, 1.82) is 0 Å². The largest absolute Gasteiger partial charge is 0.394 e. The number of aliphatic hydroxyl groups is 2. The zero-order valence-corrected chi connectivity index (χ0v) is 12.1. The Kier molecular flexibility index (Phi) is 4.05. The van der Waals surface area contributed by atoms with Gasteiger partial charge in [-0.25, -0.2) is 4.98 Å². The Balaban J connectivity index is 2.09. The normalized spacial score (nSPS) is 22.7. The van der Waals surface area contributed by atoms with E-state index in [2.05, 4.69) is 16.8 Å². The molecule has 21 heavy (non-hydrogen) atoms. The van der Waals surface area contributed by atoms with Crippen LogP contribution in [-0.4, -0.2) is 47.1 Å². The smallest absolute Gasteiger partial charge is 0.137 e. The first kappa shape index (κ1) is 14.3. The molecule has 5 nitrogen and oxygen atoms in total. The highest BCUT2D eigenvalue weighted by Crippen LogP contribution is 2.29. The van der Waals surface area contributed by atoms with Crippen molar-refractivity contribution in [3.63, 3.8) is 0 Å². The average Bonchev–Trinajstić information content (AvgIpc) is 2.54. The quantitative estimate of drug-likeness (QED) is 0.891. The van der Waals surface area contributed by atoms with Crippen LogP contribution in [0.1, 0.15) is 12.6 Å². The highest BCUT2D eigenvalue weighted by Gasteiger charge is 2.28. The number of morpholine rings is 1. The molecule has 0 saturated carbocycles. The second kappa shape index (κ2) is 5.97. The number of aliphatic hydroxyl groups excluding tert-OH is 2. The van der Waals surface area contributed by atoms with Crippen LogP contribution in [0.2, 0.25) is 0 Å². The fourth-order valence-electron chi connectivity index (χ4n) is 2.76. The summed E-state index contributed by atoms with van der Waals surface area (Å²) < 4.78 is 5.59.